The molecule has 3 N–H and O–H groups in total. The number of carbonyl (C=O) groups is 3. The number of aliphatic hydroxyl groups excluding tert-OH is 1. The number of methoxy groups -OCH3 is 1. The van der Waals surface area contributed by atoms with Crippen LogP contribution in [0.1, 0.15) is 19.4 Å². The number of amides is 2. The summed E-state index contributed by atoms with van der Waals surface area (Å²) in [6, 6.07) is 5.27. The van der Waals surface area contributed by atoms with Crippen molar-refractivity contribution in [3.63, 3.8) is 0 Å². The van der Waals surface area contributed by atoms with Gasteiger partial charge in [0.25, 0.3) is 5.91 Å². The molecule has 3 rings (SSSR count). The van der Waals surface area contributed by atoms with Crippen molar-refractivity contribution in [3.05, 3.63) is 35.0 Å². The molecule has 0 saturated carbocycles. The Morgan fingerprint density at radius 3 is 2.77 bits per heavy atom. The number of hydrogen-bond acceptors (Lipinski definition) is 6. The van der Waals surface area contributed by atoms with Crippen LogP contribution in [-0.2, 0) is 24.5 Å². The van der Waals surface area contributed by atoms with Gasteiger partial charge >= 0.3 is 5.97 Å². The van der Waals surface area contributed by atoms with Gasteiger partial charge in [-0.1, -0.05) is 0 Å². The molecule has 0 unspecified atom stereocenters. The molecule has 2 heterocycles. The van der Waals surface area contributed by atoms with E-state index in [2.05, 4.69) is 10.6 Å². The van der Waals surface area contributed by atoms with Crippen molar-refractivity contribution in [2.45, 2.75) is 19.3 Å². The van der Waals surface area contributed by atoms with Crippen molar-refractivity contribution in [2.24, 2.45) is 0 Å². The van der Waals surface area contributed by atoms with Crippen molar-refractivity contribution in [1.29, 1.82) is 0 Å². The van der Waals surface area contributed by atoms with Gasteiger partial charge in [-0.25, -0.2) is 4.79 Å². The Kier molecular flexibility index (Phi) is 4.45. The van der Waals surface area contributed by atoms with Gasteiger partial charge in [0.15, 0.2) is 0 Å². The van der Waals surface area contributed by atoms with Crippen molar-refractivity contribution in [1.82, 2.24) is 4.90 Å². The lowest BCUT2D eigenvalue weighted by atomic mass is 9.86. The molecule has 0 radical (unpaired) electrons. The summed E-state index contributed by atoms with van der Waals surface area (Å²) < 4.78 is 4.77. The largest absolute Gasteiger partial charge is 0.466 e. The Hall–Kier alpha value is -2.87. The quantitative estimate of drug-likeness (QED) is 0.664. The maximum absolute atomic E-state index is 12.6. The van der Waals surface area contributed by atoms with Crippen LogP contribution >= 0.6 is 0 Å². The Morgan fingerprint density at radius 2 is 2.12 bits per heavy atom. The normalized spacial score (nSPS) is 18.1. The fourth-order valence-electron chi connectivity index (χ4n) is 3.14. The summed E-state index contributed by atoms with van der Waals surface area (Å²) in [6.07, 6.45) is 0. The molecule has 0 atom stereocenters. The first kappa shape index (κ1) is 17.9. The van der Waals surface area contributed by atoms with E-state index in [4.69, 9.17) is 9.84 Å². The van der Waals surface area contributed by atoms with Crippen LogP contribution in [0.4, 0.5) is 11.4 Å². The van der Waals surface area contributed by atoms with Crippen LogP contribution in [-0.4, -0.2) is 54.6 Å². The van der Waals surface area contributed by atoms with Crippen molar-refractivity contribution in [2.75, 3.05) is 37.4 Å². The van der Waals surface area contributed by atoms with E-state index < -0.39 is 11.4 Å². The van der Waals surface area contributed by atoms with E-state index in [0.717, 1.165) is 11.3 Å². The minimum Gasteiger partial charge on any atom is -0.466 e. The van der Waals surface area contributed by atoms with E-state index >= 15 is 0 Å². The molecule has 0 saturated heterocycles. The standard InChI is InChI=1S/C18H21N3O5/c1-18(2)12-8-10(4-5-13(12)20-17(18)25)19-14-11(16(24)26-3)9-21(6-7-22)15(14)23/h4-5,8,19,22H,6-7,9H2,1-3H3,(H,20,25). The number of nitrogens with one attached hydrogen (secondary N) is 2. The number of hydrogen-bond donors (Lipinski definition) is 3. The van der Waals surface area contributed by atoms with E-state index in [0.29, 0.717) is 5.69 Å². The third-order valence-corrected chi connectivity index (χ3v) is 4.73. The fourth-order valence-corrected chi connectivity index (χ4v) is 3.14. The number of rotatable bonds is 5. The predicted molar refractivity (Wildman–Crippen MR) is 94.4 cm³/mol. The van der Waals surface area contributed by atoms with Crippen LogP contribution in [0, 0.1) is 0 Å². The first-order valence-electron chi connectivity index (χ1n) is 8.24. The Bertz CT molecular complexity index is 828. The molecule has 1 aromatic carbocycles. The molecule has 2 aliphatic rings. The van der Waals surface area contributed by atoms with Crippen LogP contribution in [0.25, 0.3) is 0 Å². The minimum absolute atomic E-state index is 0.0743. The van der Waals surface area contributed by atoms with Crippen molar-refractivity contribution >= 4 is 29.2 Å². The Balaban J connectivity index is 1.94. The van der Waals surface area contributed by atoms with E-state index in [9.17, 15) is 14.4 Å². The second-order valence-electron chi connectivity index (χ2n) is 6.76. The van der Waals surface area contributed by atoms with Crippen LogP contribution in [0.2, 0.25) is 0 Å². The van der Waals surface area contributed by atoms with Crippen molar-refractivity contribution in [3.8, 4) is 0 Å². The van der Waals surface area contributed by atoms with Gasteiger partial charge in [0.05, 0.1) is 31.2 Å². The summed E-state index contributed by atoms with van der Waals surface area (Å²) in [7, 11) is 1.25. The fraction of sp³-hybridized carbons (Fsp3) is 0.389. The second-order valence-corrected chi connectivity index (χ2v) is 6.76. The molecule has 0 bridgehead atoms. The molecule has 2 amide bonds. The number of ether oxygens (including phenoxy) is 1. The smallest absolute Gasteiger partial charge is 0.337 e. The van der Waals surface area contributed by atoms with Gasteiger partial charge < -0.3 is 25.4 Å². The highest BCUT2D eigenvalue weighted by Crippen LogP contribution is 2.39. The van der Waals surface area contributed by atoms with Gasteiger partial charge in [-0.3, -0.25) is 9.59 Å². The van der Waals surface area contributed by atoms with Gasteiger partial charge in [0, 0.05) is 17.9 Å². The number of aliphatic hydroxyl groups is 1. The zero-order chi connectivity index (χ0) is 19.1. The Morgan fingerprint density at radius 1 is 1.38 bits per heavy atom. The molecule has 138 valence electrons. The van der Waals surface area contributed by atoms with Gasteiger partial charge in [-0.05, 0) is 37.6 Å². The topological polar surface area (TPSA) is 108 Å². The van der Waals surface area contributed by atoms with Gasteiger partial charge in [0.2, 0.25) is 5.91 Å². The van der Waals surface area contributed by atoms with Gasteiger partial charge in [-0.2, -0.15) is 0 Å². The number of benzene rings is 1. The summed E-state index contributed by atoms with van der Waals surface area (Å²) in [6.45, 7) is 3.64. The lowest BCUT2D eigenvalue weighted by Crippen LogP contribution is -2.31. The van der Waals surface area contributed by atoms with Gasteiger partial charge in [-0.15, -0.1) is 0 Å². The van der Waals surface area contributed by atoms with E-state index in [1.807, 2.05) is 13.8 Å². The number of anilines is 2. The third-order valence-electron chi connectivity index (χ3n) is 4.73. The molecule has 8 heteroatoms. The molecule has 2 aliphatic heterocycles. The SMILES string of the molecule is COC(=O)C1=C(Nc2ccc3c(c2)C(C)(C)C(=O)N3)C(=O)N(CCO)C1. The molecule has 0 aromatic heterocycles. The highest BCUT2D eigenvalue weighted by Gasteiger charge is 2.39. The van der Waals surface area contributed by atoms with Crippen LogP contribution in [0.5, 0.6) is 0 Å². The lowest BCUT2D eigenvalue weighted by Gasteiger charge is -2.17. The lowest BCUT2D eigenvalue weighted by molar-refractivity contribution is -0.136. The molecule has 26 heavy (non-hydrogen) atoms. The first-order chi connectivity index (χ1) is 12.3. The van der Waals surface area contributed by atoms with E-state index in [-0.39, 0.29) is 42.8 Å². The molecule has 0 spiro atoms. The zero-order valence-electron chi connectivity index (χ0n) is 14.9. The monoisotopic (exact) mass is 359 g/mol. The number of fused-ring (bicyclic) bond motifs is 1. The second kappa shape index (κ2) is 6.45. The summed E-state index contributed by atoms with van der Waals surface area (Å²) in [5.74, 6) is -1.07. The molecular weight excluding hydrogens is 338 g/mol. The zero-order valence-corrected chi connectivity index (χ0v) is 14.9. The first-order valence-corrected chi connectivity index (χ1v) is 8.24. The van der Waals surface area contributed by atoms with Crippen molar-refractivity contribution < 1.29 is 24.2 Å². The van der Waals surface area contributed by atoms with Gasteiger partial charge in [0.1, 0.15) is 5.70 Å². The Labute approximate surface area is 150 Å². The third kappa shape index (κ3) is 2.82. The predicted octanol–water partition coefficient (Wildman–Crippen LogP) is 0.590. The maximum Gasteiger partial charge on any atom is 0.337 e. The number of nitrogens with zero attached hydrogens (tertiary/aromatic N) is 1. The number of esters is 1. The highest BCUT2D eigenvalue weighted by molar-refractivity contribution is 6.09. The minimum atomic E-state index is -0.685. The van der Waals surface area contributed by atoms with E-state index in [1.165, 1.54) is 12.0 Å². The molecule has 8 nitrogen and oxygen atoms in total. The summed E-state index contributed by atoms with van der Waals surface area (Å²) in [5, 5.41) is 14.9. The maximum atomic E-state index is 12.6. The molecule has 1 aromatic rings. The van der Waals surface area contributed by atoms with Crippen LogP contribution in [0.3, 0.4) is 0 Å². The average Bonchev–Trinajstić information content (AvgIpc) is 3.03. The summed E-state index contributed by atoms with van der Waals surface area (Å²) in [4.78, 5) is 38.0. The number of β-amino-alcohol motifs (C(OH)–C–C–N with tert-alkyl or cyclic N) is 1. The molecule has 0 aliphatic carbocycles. The summed E-state index contributed by atoms with van der Waals surface area (Å²) in [5.41, 5.74) is 1.77. The van der Waals surface area contributed by atoms with Crippen LogP contribution < -0.4 is 10.6 Å². The summed E-state index contributed by atoms with van der Waals surface area (Å²) >= 11 is 0. The molecular formula is C18H21N3O5. The number of carbonyl (C=O) groups excluding carboxylic acids is 3. The van der Waals surface area contributed by atoms with E-state index in [1.54, 1.807) is 18.2 Å². The highest BCUT2D eigenvalue weighted by atomic mass is 16.5. The average molecular weight is 359 g/mol. The van der Waals surface area contributed by atoms with Crippen LogP contribution in [0.15, 0.2) is 29.5 Å². The molecule has 0 fully saturated rings.